The Labute approximate surface area is 108 Å². The molecule has 1 aliphatic carbocycles. The molecular weight excluding hydrogens is 230 g/mol. The number of rotatable bonds is 4. The molecule has 0 aliphatic heterocycles. The fraction of sp³-hybridized carbons (Fsp3) is 0.571. The lowest BCUT2D eigenvalue weighted by atomic mass is 9.95. The lowest BCUT2D eigenvalue weighted by Crippen LogP contribution is -2.29. The van der Waals surface area contributed by atoms with E-state index in [1.54, 1.807) is 14.2 Å². The van der Waals surface area contributed by atoms with E-state index in [0.717, 1.165) is 37.2 Å². The Morgan fingerprint density at radius 2 is 1.89 bits per heavy atom. The zero-order chi connectivity index (χ0) is 13.0. The Balaban J connectivity index is 2.06. The van der Waals surface area contributed by atoms with Gasteiger partial charge in [-0.1, -0.05) is 0 Å². The Hall–Kier alpha value is -1.42. The van der Waals surface area contributed by atoms with Crippen molar-refractivity contribution in [2.45, 2.75) is 37.9 Å². The Morgan fingerprint density at radius 1 is 1.11 bits per heavy atom. The van der Waals surface area contributed by atoms with Crippen LogP contribution in [0.2, 0.25) is 0 Å². The van der Waals surface area contributed by atoms with Crippen molar-refractivity contribution in [3.8, 4) is 11.5 Å². The molecule has 2 N–H and O–H groups in total. The predicted molar refractivity (Wildman–Crippen MR) is 71.1 cm³/mol. The van der Waals surface area contributed by atoms with Gasteiger partial charge in [0.1, 0.15) is 6.10 Å². The summed E-state index contributed by atoms with van der Waals surface area (Å²) in [7, 11) is 3.39. The Bertz CT molecular complexity index is 395. The number of hydrogen-bond donors (Lipinski definition) is 1. The average Bonchev–Trinajstić information content (AvgIpc) is 2.39. The number of anilines is 1. The van der Waals surface area contributed by atoms with E-state index >= 15 is 0 Å². The molecule has 0 bridgehead atoms. The van der Waals surface area contributed by atoms with E-state index in [-0.39, 0.29) is 6.10 Å². The van der Waals surface area contributed by atoms with Gasteiger partial charge in [-0.2, -0.15) is 0 Å². The molecule has 1 fully saturated rings. The topological polar surface area (TPSA) is 53.7 Å². The number of nitrogens with two attached hydrogens (primary N) is 1. The molecule has 2 rings (SSSR count). The highest BCUT2D eigenvalue weighted by Crippen LogP contribution is 2.33. The third-order valence-corrected chi connectivity index (χ3v) is 3.39. The van der Waals surface area contributed by atoms with Gasteiger partial charge in [0.2, 0.25) is 0 Å². The summed E-state index contributed by atoms with van der Waals surface area (Å²) >= 11 is 0. The van der Waals surface area contributed by atoms with E-state index in [0.29, 0.717) is 11.8 Å². The number of ether oxygens (including phenoxy) is 3. The molecule has 0 heterocycles. The van der Waals surface area contributed by atoms with Crippen molar-refractivity contribution in [2.75, 3.05) is 20.0 Å². The van der Waals surface area contributed by atoms with E-state index < -0.39 is 0 Å². The van der Waals surface area contributed by atoms with Crippen LogP contribution in [0.4, 0.5) is 5.69 Å². The maximum absolute atomic E-state index is 6.01. The molecule has 4 heteroatoms. The van der Waals surface area contributed by atoms with Crippen LogP contribution in [0.15, 0.2) is 18.2 Å². The number of nitrogen functional groups attached to an aromatic ring is 1. The molecule has 0 spiro atoms. The molecule has 2 unspecified atom stereocenters. The van der Waals surface area contributed by atoms with Crippen molar-refractivity contribution in [2.24, 2.45) is 0 Å². The molecule has 1 aliphatic rings. The summed E-state index contributed by atoms with van der Waals surface area (Å²) in [5.41, 5.74) is 6.47. The van der Waals surface area contributed by atoms with Crippen LogP contribution in [0.3, 0.4) is 0 Å². The second kappa shape index (κ2) is 5.96. The second-order valence-electron chi connectivity index (χ2n) is 4.67. The van der Waals surface area contributed by atoms with E-state index in [4.69, 9.17) is 19.9 Å². The van der Waals surface area contributed by atoms with Crippen LogP contribution in [0, 0.1) is 0 Å². The minimum absolute atomic E-state index is 0.180. The summed E-state index contributed by atoms with van der Waals surface area (Å²) in [6, 6.07) is 5.46. The van der Waals surface area contributed by atoms with Crippen LogP contribution in [-0.4, -0.2) is 26.4 Å². The first-order chi connectivity index (χ1) is 8.72. The number of methoxy groups -OCH3 is 2. The summed E-state index contributed by atoms with van der Waals surface area (Å²) in [4.78, 5) is 0. The van der Waals surface area contributed by atoms with Gasteiger partial charge in [0, 0.05) is 25.3 Å². The molecule has 100 valence electrons. The Kier molecular flexibility index (Phi) is 4.31. The molecule has 4 nitrogen and oxygen atoms in total. The maximum Gasteiger partial charge on any atom is 0.163 e. The highest BCUT2D eigenvalue weighted by molar-refractivity contribution is 5.52. The highest BCUT2D eigenvalue weighted by Gasteiger charge is 2.24. The lowest BCUT2D eigenvalue weighted by Gasteiger charge is -2.29. The van der Waals surface area contributed by atoms with Gasteiger partial charge in [-0.25, -0.2) is 0 Å². The second-order valence-corrected chi connectivity index (χ2v) is 4.67. The summed E-state index contributed by atoms with van der Waals surface area (Å²) in [5, 5.41) is 0. The smallest absolute Gasteiger partial charge is 0.163 e. The Morgan fingerprint density at radius 3 is 2.61 bits per heavy atom. The van der Waals surface area contributed by atoms with Gasteiger partial charge < -0.3 is 19.9 Å². The van der Waals surface area contributed by atoms with Crippen LogP contribution in [0.25, 0.3) is 0 Å². The highest BCUT2D eigenvalue weighted by atomic mass is 16.5. The van der Waals surface area contributed by atoms with E-state index in [2.05, 4.69) is 0 Å². The molecule has 1 aromatic carbocycles. The van der Waals surface area contributed by atoms with Crippen molar-refractivity contribution in [3.63, 3.8) is 0 Å². The van der Waals surface area contributed by atoms with Gasteiger partial charge in [-0.05, 0) is 31.4 Å². The molecule has 0 saturated heterocycles. The average molecular weight is 251 g/mol. The van der Waals surface area contributed by atoms with E-state index in [1.807, 2.05) is 18.2 Å². The van der Waals surface area contributed by atoms with Gasteiger partial charge in [0.25, 0.3) is 0 Å². The van der Waals surface area contributed by atoms with Gasteiger partial charge in [-0.15, -0.1) is 0 Å². The van der Waals surface area contributed by atoms with Crippen molar-refractivity contribution in [1.29, 1.82) is 0 Å². The van der Waals surface area contributed by atoms with Gasteiger partial charge >= 0.3 is 0 Å². The van der Waals surface area contributed by atoms with Gasteiger partial charge in [0.05, 0.1) is 13.2 Å². The normalized spacial score (nSPS) is 23.7. The quantitative estimate of drug-likeness (QED) is 0.836. The van der Waals surface area contributed by atoms with Crippen molar-refractivity contribution >= 4 is 5.69 Å². The first-order valence-electron chi connectivity index (χ1n) is 6.36. The molecule has 0 radical (unpaired) electrons. The predicted octanol–water partition coefficient (Wildman–Crippen LogP) is 2.61. The molecule has 18 heavy (non-hydrogen) atoms. The van der Waals surface area contributed by atoms with Gasteiger partial charge in [0.15, 0.2) is 11.5 Å². The zero-order valence-electron chi connectivity index (χ0n) is 11.0. The minimum atomic E-state index is 0.180. The van der Waals surface area contributed by atoms with Crippen LogP contribution >= 0.6 is 0 Å². The molecule has 0 aromatic heterocycles. The van der Waals surface area contributed by atoms with E-state index in [9.17, 15) is 0 Å². The largest absolute Gasteiger partial charge is 0.493 e. The lowest BCUT2D eigenvalue weighted by molar-refractivity contribution is 0.0202. The maximum atomic E-state index is 6.01. The molecule has 2 atom stereocenters. The van der Waals surface area contributed by atoms with Crippen LogP contribution in [0.1, 0.15) is 25.7 Å². The number of hydrogen-bond acceptors (Lipinski definition) is 4. The fourth-order valence-corrected chi connectivity index (χ4v) is 2.39. The summed E-state index contributed by atoms with van der Waals surface area (Å²) in [6.07, 6.45) is 4.71. The first-order valence-corrected chi connectivity index (χ1v) is 6.36. The zero-order valence-corrected chi connectivity index (χ0v) is 11.0. The monoisotopic (exact) mass is 251 g/mol. The van der Waals surface area contributed by atoms with Crippen molar-refractivity contribution in [1.82, 2.24) is 0 Å². The fourth-order valence-electron chi connectivity index (χ4n) is 2.39. The molecule has 1 saturated carbocycles. The molecule has 1 aromatic rings. The van der Waals surface area contributed by atoms with Crippen LogP contribution in [0.5, 0.6) is 11.5 Å². The van der Waals surface area contributed by atoms with Crippen molar-refractivity contribution < 1.29 is 14.2 Å². The van der Waals surface area contributed by atoms with Gasteiger partial charge in [-0.3, -0.25) is 0 Å². The minimum Gasteiger partial charge on any atom is -0.493 e. The molecule has 0 amide bonds. The number of benzene rings is 1. The third kappa shape index (κ3) is 3.07. The van der Waals surface area contributed by atoms with Crippen LogP contribution in [-0.2, 0) is 4.74 Å². The molecular formula is C14H21NO3. The first kappa shape index (κ1) is 13.0. The standard InChI is InChI=1S/C14H21NO3/c1-16-11-4-3-5-12(9-11)18-14-8-10(15)6-7-13(14)17-2/h6-8,11-12H,3-5,9,15H2,1-2H3. The van der Waals surface area contributed by atoms with Crippen LogP contribution < -0.4 is 15.2 Å². The SMILES string of the molecule is COc1ccc(N)cc1OC1CCCC(OC)C1. The van der Waals surface area contributed by atoms with E-state index in [1.165, 1.54) is 0 Å². The third-order valence-electron chi connectivity index (χ3n) is 3.39. The summed E-state index contributed by atoms with van der Waals surface area (Å²) < 4.78 is 16.7. The summed E-state index contributed by atoms with van der Waals surface area (Å²) in [5.74, 6) is 1.45. The summed E-state index contributed by atoms with van der Waals surface area (Å²) in [6.45, 7) is 0. The van der Waals surface area contributed by atoms with Crippen molar-refractivity contribution in [3.05, 3.63) is 18.2 Å².